The summed E-state index contributed by atoms with van der Waals surface area (Å²) in [7, 11) is -4.21. The second kappa shape index (κ2) is 18.5. The number of nitrogens with zero attached hydrogens (tertiary/aromatic N) is 3. The van der Waals surface area contributed by atoms with Gasteiger partial charge < -0.3 is 37.9 Å². The van der Waals surface area contributed by atoms with E-state index in [9.17, 15) is 28.0 Å². The number of rotatable bonds is 20. The molecule has 57 heavy (non-hydrogen) atoms. The van der Waals surface area contributed by atoms with E-state index in [0.717, 1.165) is 25.2 Å². The molecule has 0 spiro atoms. The number of carbonyl (C=O) groups excluding carboxylic acids is 1. The Bertz CT molecular complexity index is 2550. The van der Waals surface area contributed by atoms with E-state index in [0.29, 0.717) is 65.7 Å². The van der Waals surface area contributed by atoms with Crippen LogP contribution in [-0.4, -0.2) is 59.1 Å². The molecular formula is C40H41N3O13S. The van der Waals surface area contributed by atoms with Gasteiger partial charge in [-0.15, -0.1) is 0 Å². The van der Waals surface area contributed by atoms with Crippen LogP contribution >= 0.6 is 0 Å². The van der Waals surface area contributed by atoms with Crippen molar-refractivity contribution in [1.82, 2.24) is 5.16 Å². The standard InChI is InChI=1S/C40H41N3O13S/c1-3-42(4-2)29-17-15-27-23-31(40(46)55-32(27)25-29)39(45)53-22-12-21-51-34-24-28-16-18-36(44)54-33(28)26-35(34)50-19-10-5-6-11-20-52-37-38(43(47)56-41-37)57(48,49)30-13-8-7-9-14-30/h7-9,13-18,23-26H,3-6,10-12,19-22H2,1-2H3. The number of hydrogen-bond donors (Lipinski definition) is 0. The van der Waals surface area contributed by atoms with Crippen LogP contribution in [0.25, 0.3) is 21.9 Å². The molecule has 0 saturated carbocycles. The van der Waals surface area contributed by atoms with Crippen LogP contribution in [-0.2, 0) is 14.6 Å². The van der Waals surface area contributed by atoms with Gasteiger partial charge in [0, 0.05) is 54.2 Å². The van der Waals surface area contributed by atoms with Crippen molar-refractivity contribution in [2.75, 3.05) is 44.4 Å². The Morgan fingerprint density at radius 2 is 1.40 bits per heavy atom. The molecule has 6 aromatic rings. The minimum atomic E-state index is -4.21. The molecule has 0 aliphatic carbocycles. The highest BCUT2D eigenvalue weighted by Gasteiger charge is 2.35. The average molecular weight is 804 g/mol. The zero-order valence-electron chi connectivity index (χ0n) is 31.3. The van der Waals surface area contributed by atoms with E-state index in [1.807, 2.05) is 19.9 Å². The lowest BCUT2D eigenvalue weighted by molar-refractivity contribution is -0.832. The third-order valence-corrected chi connectivity index (χ3v) is 10.6. The van der Waals surface area contributed by atoms with Crippen LogP contribution in [0, 0.1) is 5.21 Å². The molecule has 3 aromatic heterocycles. The van der Waals surface area contributed by atoms with Crippen LogP contribution in [0.15, 0.2) is 112 Å². The topological polar surface area (TPSA) is 205 Å². The summed E-state index contributed by atoms with van der Waals surface area (Å²) in [5.74, 6) is -0.476. The molecular weight excluding hydrogens is 763 g/mol. The minimum absolute atomic E-state index is 0.0305. The van der Waals surface area contributed by atoms with Crippen molar-refractivity contribution in [2.45, 2.75) is 55.9 Å². The number of anilines is 1. The summed E-state index contributed by atoms with van der Waals surface area (Å²) >= 11 is 0. The first-order valence-electron chi connectivity index (χ1n) is 18.4. The monoisotopic (exact) mass is 803 g/mol. The molecule has 300 valence electrons. The largest absolute Gasteiger partial charge is 0.490 e. The number of aromatic nitrogens is 2. The first kappa shape index (κ1) is 40.3. The maximum absolute atomic E-state index is 12.9. The SMILES string of the molecule is CCN(CC)c1ccc2cc(C(=O)OCCCOc3cc4ccc(=O)oc4cc3OCCCCCCOc3no[n+]([O-])c3S(=O)(=O)c3ccccc3)c(=O)oc2c1. The van der Waals surface area contributed by atoms with Crippen LogP contribution in [0.2, 0.25) is 0 Å². The Kier molecular flexibility index (Phi) is 13.1. The lowest BCUT2D eigenvalue weighted by Gasteiger charge is -2.20. The number of fused-ring (bicyclic) bond motifs is 2. The van der Waals surface area contributed by atoms with E-state index in [2.05, 4.69) is 14.7 Å². The van der Waals surface area contributed by atoms with Crippen molar-refractivity contribution in [3.05, 3.63) is 110 Å². The summed E-state index contributed by atoms with van der Waals surface area (Å²) in [6, 6.07) is 20.6. The van der Waals surface area contributed by atoms with E-state index >= 15 is 0 Å². The molecule has 0 N–H and O–H groups in total. The van der Waals surface area contributed by atoms with Gasteiger partial charge >= 0.3 is 28.1 Å². The quantitative estimate of drug-likeness (QED) is 0.0385. The Morgan fingerprint density at radius 3 is 2.14 bits per heavy atom. The van der Waals surface area contributed by atoms with Crippen LogP contribution in [0.4, 0.5) is 5.69 Å². The van der Waals surface area contributed by atoms with E-state index in [4.69, 9.17) is 27.8 Å². The summed E-state index contributed by atoms with van der Waals surface area (Å²) in [4.78, 5) is 39.2. The van der Waals surface area contributed by atoms with Gasteiger partial charge in [0.05, 0.1) is 36.5 Å². The van der Waals surface area contributed by atoms with Crippen LogP contribution in [0.1, 0.15) is 56.3 Å². The zero-order chi connectivity index (χ0) is 40.4. The second-order valence-electron chi connectivity index (χ2n) is 12.7. The van der Waals surface area contributed by atoms with Gasteiger partial charge in [-0.3, -0.25) is 4.63 Å². The first-order valence-corrected chi connectivity index (χ1v) is 19.9. The van der Waals surface area contributed by atoms with E-state index < -0.39 is 38.0 Å². The molecule has 0 saturated heterocycles. The summed E-state index contributed by atoms with van der Waals surface area (Å²) in [6.07, 6.45) is 2.86. The summed E-state index contributed by atoms with van der Waals surface area (Å²) in [6.45, 7) is 6.15. The molecule has 3 aromatic carbocycles. The van der Waals surface area contributed by atoms with Gasteiger partial charge in [0.15, 0.2) is 11.5 Å². The first-order chi connectivity index (χ1) is 27.6. The molecule has 0 aliphatic rings. The van der Waals surface area contributed by atoms with Gasteiger partial charge in [0.1, 0.15) is 16.7 Å². The van der Waals surface area contributed by atoms with Gasteiger partial charge in [0.25, 0.3) is 9.84 Å². The number of hydrogen-bond acceptors (Lipinski definition) is 15. The lowest BCUT2D eigenvalue weighted by Crippen LogP contribution is -2.30. The Labute approximate surface area is 326 Å². The van der Waals surface area contributed by atoms with Crippen molar-refractivity contribution in [1.29, 1.82) is 0 Å². The van der Waals surface area contributed by atoms with Gasteiger partial charge in [-0.25, -0.2) is 22.8 Å². The van der Waals surface area contributed by atoms with Crippen LogP contribution in [0.3, 0.4) is 0 Å². The predicted molar refractivity (Wildman–Crippen MR) is 206 cm³/mol. The van der Waals surface area contributed by atoms with Gasteiger partial charge in [-0.2, -0.15) is 0 Å². The fourth-order valence-corrected chi connectivity index (χ4v) is 7.26. The Hall–Kier alpha value is -6.36. The molecule has 0 amide bonds. The molecule has 3 heterocycles. The maximum Gasteiger partial charge on any atom is 0.414 e. The summed E-state index contributed by atoms with van der Waals surface area (Å²) < 4.78 is 64.0. The van der Waals surface area contributed by atoms with Gasteiger partial charge in [0.2, 0.25) is 0 Å². The van der Waals surface area contributed by atoms with Crippen LogP contribution in [0.5, 0.6) is 17.4 Å². The third-order valence-electron chi connectivity index (χ3n) is 8.92. The highest BCUT2D eigenvalue weighted by Crippen LogP contribution is 2.33. The Morgan fingerprint density at radius 1 is 0.754 bits per heavy atom. The normalized spacial score (nSPS) is 11.5. The highest BCUT2D eigenvalue weighted by atomic mass is 32.2. The number of unbranched alkanes of at least 4 members (excludes halogenated alkanes) is 3. The van der Waals surface area contributed by atoms with E-state index in [-0.39, 0.29) is 35.2 Å². The molecule has 16 nitrogen and oxygen atoms in total. The third kappa shape index (κ3) is 9.72. The number of benzene rings is 3. The highest BCUT2D eigenvalue weighted by molar-refractivity contribution is 7.91. The van der Waals surface area contributed by atoms with Gasteiger partial charge in [-0.05, 0) is 86.9 Å². The lowest BCUT2D eigenvalue weighted by atomic mass is 10.1. The van der Waals surface area contributed by atoms with Gasteiger partial charge in [-0.1, -0.05) is 18.2 Å². The molecule has 0 unspecified atom stereocenters. The molecule has 0 bridgehead atoms. The molecule has 0 aliphatic heterocycles. The van der Waals surface area contributed by atoms with E-state index in [1.54, 1.807) is 36.4 Å². The van der Waals surface area contributed by atoms with Crippen molar-refractivity contribution in [3.8, 4) is 17.4 Å². The van der Waals surface area contributed by atoms with E-state index in [1.165, 1.54) is 36.4 Å². The zero-order valence-corrected chi connectivity index (χ0v) is 32.2. The van der Waals surface area contributed by atoms with Crippen molar-refractivity contribution in [2.24, 2.45) is 0 Å². The number of ether oxygens (including phenoxy) is 4. The smallest absolute Gasteiger partial charge is 0.414 e. The summed E-state index contributed by atoms with van der Waals surface area (Å²) in [5.41, 5.74) is 0.107. The predicted octanol–water partition coefficient (Wildman–Crippen LogP) is 5.84. The average Bonchev–Trinajstić information content (AvgIpc) is 3.59. The fourth-order valence-electron chi connectivity index (χ4n) is 5.96. The summed E-state index contributed by atoms with van der Waals surface area (Å²) in [5, 5.41) is 16.1. The molecule has 0 fully saturated rings. The number of sulfone groups is 1. The molecule has 0 atom stereocenters. The van der Waals surface area contributed by atoms with Crippen LogP contribution < -0.4 is 35.3 Å². The van der Waals surface area contributed by atoms with Crippen molar-refractivity contribution in [3.63, 3.8) is 0 Å². The number of esters is 1. The fraction of sp³-hybridized carbons (Fsp3) is 0.325. The molecule has 6 rings (SSSR count). The van der Waals surface area contributed by atoms with Crippen molar-refractivity contribution < 1.29 is 50.5 Å². The van der Waals surface area contributed by atoms with Crippen molar-refractivity contribution >= 4 is 43.4 Å². The minimum Gasteiger partial charge on any atom is -0.490 e. The number of carbonyl (C=O) groups is 1. The maximum atomic E-state index is 12.9. The molecule has 0 radical (unpaired) electrons. The second-order valence-corrected chi connectivity index (χ2v) is 14.6. The molecule has 17 heteroatoms. The Balaban J connectivity index is 0.970.